The summed E-state index contributed by atoms with van der Waals surface area (Å²) >= 11 is 0. The van der Waals surface area contributed by atoms with E-state index >= 15 is 0 Å². The van der Waals surface area contributed by atoms with Crippen LogP contribution < -0.4 is 20.7 Å². The van der Waals surface area contributed by atoms with Crippen molar-refractivity contribution in [2.45, 2.75) is 13.3 Å². The minimum atomic E-state index is -0.498. The second kappa shape index (κ2) is 12.5. The van der Waals surface area contributed by atoms with Crippen molar-refractivity contribution in [1.82, 2.24) is 16.0 Å². The maximum atomic E-state index is 10.3. The highest BCUT2D eigenvalue weighted by Crippen LogP contribution is 2.12. The molecule has 0 heterocycles. The average molecular weight is 310 g/mol. The molecule has 0 saturated heterocycles. The first kappa shape index (κ1) is 19.7. The summed E-state index contributed by atoms with van der Waals surface area (Å²) < 4.78 is 5.57. The molecular formula is C15H26N4O3. The van der Waals surface area contributed by atoms with E-state index in [1.54, 1.807) is 7.05 Å². The van der Waals surface area contributed by atoms with Gasteiger partial charge in [0, 0.05) is 13.6 Å². The Kier molecular flexibility index (Phi) is 11.2. The Morgan fingerprint density at radius 1 is 1.36 bits per heavy atom. The number of hydrogen-bond donors (Lipinski definition) is 3. The van der Waals surface area contributed by atoms with Gasteiger partial charge in [0.1, 0.15) is 5.75 Å². The van der Waals surface area contributed by atoms with Gasteiger partial charge in [-0.25, -0.2) is 0 Å². The molecule has 0 amide bonds. The standard InChI is InChI=1S/C13H19N3O3.C2H7N/c1-11-5-3-6-12(9-11)19-8-4-7-15-13(14-2)10-16(17)18;1-3-2/h3,5-6,9-10,14-15H,4,7-8H2,1-2H3;3H,1-2H3. The van der Waals surface area contributed by atoms with Crippen LogP contribution in [0.1, 0.15) is 12.0 Å². The summed E-state index contributed by atoms with van der Waals surface area (Å²) in [7, 11) is 5.38. The van der Waals surface area contributed by atoms with Gasteiger partial charge in [-0.1, -0.05) is 12.1 Å². The molecule has 22 heavy (non-hydrogen) atoms. The van der Waals surface area contributed by atoms with E-state index in [1.807, 2.05) is 45.3 Å². The lowest BCUT2D eigenvalue weighted by Gasteiger charge is -2.09. The molecule has 3 N–H and O–H groups in total. The van der Waals surface area contributed by atoms with Crippen molar-refractivity contribution in [3.63, 3.8) is 0 Å². The van der Waals surface area contributed by atoms with E-state index < -0.39 is 4.92 Å². The quantitative estimate of drug-likeness (QED) is 0.383. The van der Waals surface area contributed by atoms with E-state index in [0.717, 1.165) is 23.9 Å². The Balaban J connectivity index is 0.00000135. The molecule has 1 rings (SSSR count). The zero-order chi connectivity index (χ0) is 16.8. The lowest BCUT2D eigenvalue weighted by atomic mass is 10.2. The summed E-state index contributed by atoms with van der Waals surface area (Å²) in [5.41, 5.74) is 1.15. The first-order chi connectivity index (χ1) is 10.5. The number of hydrogen-bond acceptors (Lipinski definition) is 6. The molecule has 124 valence electrons. The maximum absolute atomic E-state index is 10.3. The molecule has 1 aromatic carbocycles. The van der Waals surface area contributed by atoms with Crippen molar-refractivity contribution in [1.29, 1.82) is 0 Å². The van der Waals surface area contributed by atoms with Gasteiger partial charge in [-0.2, -0.15) is 0 Å². The fraction of sp³-hybridized carbons (Fsp3) is 0.467. The molecule has 7 nitrogen and oxygen atoms in total. The summed E-state index contributed by atoms with van der Waals surface area (Å²) in [6, 6.07) is 7.84. The number of rotatable bonds is 8. The third-order valence-corrected chi connectivity index (χ3v) is 2.40. The number of benzene rings is 1. The van der Waals surface area contributed by atoms with Gasteiger partial charge in [-0.3, -0.25) is 10.1 Å². The van der Waals surface area contributed by atoms with Crippen LogP contribution in [0.2, 0.25) is 0 Å². The van der Waals surface area contributed by atoms with Crippen LogP contribution in [0.4, 0.5) is 0 Å². The molecular weight excluding hydrogens is 284 g/mol. The van der Waals surface area contributed by atoms with E-state index in [1.165, 1.54) is 0 Å². The molecule has 0 aliphatic heterocycles. The van der Waals surface area contributed by atoms with Gasteiger partial charge in [0.05, 0.1) is 11.5 Å². The topological polar surface area (TPSA) is 88.5 Å². The molecule has 0 bridgehead atoms. The van der Waals surface area contributed by atoms with Gasteiger partial charge in [-0.05, 0) is 45.1 Å². The number of nitrogens with zero attached hydrogens (tertiary/aromatic N) is 1. The lowest BCUT2D eigenvalue weighted by Crippen LogP contribution is -2.26. The minimum Gasteiger partial charge on any atom is -0.494 e. The molecule has 0 aliphatic carbocycles. The molecule has 0 unspecified atom stereocenters. The Morgan fingerprint density at radius 2 is 2.05 bits per heavy atom. The summed E-state index contributed by atoms with van der Waals surface area (Å²) in [4.78, 5) is 9.80. The van der Waals surface area contributed by atoms with Crippen molar-refractivity contribution in [3.8, 4) is 5.75 Å². The fourth-order valence-electron chi connectivity index (χ4n) is 1.49. The van der Waals surface area contributed by atoms with Crippen molar-refractivity contribution in [2.24, 2.45) is 0 Å². The predicted octanol–water partition coefficient (Wildman–Crippen LogP) is 1.48. The molecule has 0 spiro atoms. The highest BCUT2D eigenvalue weighted by Gasteiger charge is 1.99. The molecule has 0 fully saturated rings. The molecule has 0 atom stereocenters. The van der Waals surface area contributed by atoms with Crippen LogP contribution >= 0.6 is 0 Å². The van der Waals surface area contributed by atoms with E-state index in [0.29, 0.717) is 19.0 Å². The van der Waals surface area contributed by atoms with E-state index in [4.69, 9.17) is 4.74 Å². The monoisotopic (exact) mass is 310 g/mol. The fourth-order valence-corrected chi connectivity index (χ4v) is 1.49. The molecule has 0 saturated carbocycles. The largest absolute Gasteiger partial charge is 0.494 e. The predicted molar refractivity (Wildman–Crippen MR) is 88.4 cm³/mol. The Morgan fingerprint density at radius 3 is 2.59 bits per heavy atom. The van der Waals surface area contributed by atoms with Gasteiger partial charge >= 0.3 is 0 Å². The highest BCUT2D eigenvalue weighted by atomic mass is 16.6. The Hall–Kier alpha value is -2.28. The SMILES string of the molecule is CNC.CNC(=C[N+](=O)[O-])NCCCOc1cccc(C)c1. The summed E-state index contributed by atoms with van der Waals surface area (Å²) in [5, 5.41) is 18.7. The van der Waals surface area contributed by atoms with Crippen LogP contribution in [0.3, 0.4) is 0 Å². The zero-order valence-electron chi connectivity index (χ0n) is 13.7. The summed E-state index contributed by atoms with van der Waals surface area (Å²) in [6.07, 6.45) is 1.66. The third-order valence-electron chi connectivity index (χ3n) is 2.40. The molecule has 0 aromatic heterocycles. The van der Waals surface area contributed by atoms with E-state index in [2.05, 4.69) is 16.0 Å². The van der Waals surface area contributed by atoms with Gasteiger partial charge in [0.2, 0.25) is 0 Å². The molecule has 0 aliphatic rings. The first-order valence-electron chi connectivity index (χ1n) is 7.08. The average Bonchev–Trinajstić information content (AvgIpc) is 2.46. The van der Waals surface area contributed by atoms with Gasteiger partial charge in [0.25, 0.3) is 6.20 Å². The molecule has 1 aromatic rings. The van der Waals surface area contributed by atoms with Crippen molar-refractivity contribution in [2.75, 3.05) is 34.3 Å². The third kappa shape index (κ3) is 10.5. The van der Waals surface area contributed by atoms with Crippen LogP contribution in [0.5, 0.6) is 5.75 Å². The summed E-state index contributed by atoms with van der Waals surface area (Å²) in [6.45, 7) is 3.17. The Labute approximate surface area is 131 Å². The molecule has 7 heteroatoms. The van der Waals surface area contributed by atoms with Crippen molar-refractivity contribution < 1.29 is 9.66 Å². The number of ether oxygens (including phenoxy) is 1. The molecule has 0 radical (unpaired) electrons. The van der Waals surface area contributed by atoms with E-state index in [9.17, 15) is 10.1 Å². The Bertz CT molecular complexity index is 464. The first-order valence-corrected chi connectivity index (χ1v) is 7.08. The zero-order valence-corrected chi connectivity index (χ0v) is 13.7. The van der Waals surface area contributed by atoms with Gasteiger partial charge in [0.15, 0.2) is 5.82 Å². The van der Waals surface area contributed by atoms with Crippen LogP contribution in [0.15, 0.2) is 36.3 Å². The van der Waals surface area contributed by atoms with Crippen LogP contribution in [-0.4, -0.2) is 39.2 Å². The number of nitro groups is 1. The number of aryl methyl sites for hydroxylation is 1. The minimum absolute atomic E-state index is 0.389. The lowest BCUT2D eigenvalue weighted by molar-refractivity contribution is -0.404. The maximum Gasteiger partial charge on any atom is 0.274 e. The van der Waals surface area contributed by atoms with Crippen molar-refractivity contribution >= 4 is 0 Å². The van der Waals surface area contributed by atoms with Crippen LogP contribution in [-0.2, 0) is 0 Å². The van der Waals surface area contributed by atoms with Crippen LogP contribution in [0, 0.1) is 17.0 Å². The second-order valence-electron chi connectivity index (χ2n) is 4.52. The normalized spacial score (nSPS) is 10.3. The second-order valence-corrected chi connectivity index (χ2v) is 4.52. The van der Waals surface area contributed by atoms with Crippen molar-refractivity contribution in [3.05, 3.63) is 52.0 Å². The van der Waals surface area contributed by atoms with Gasteiger partial charge < -0.3 is 20.7 Å². The highest BCUT2D eigenvalue weighted by molar-refractivity contribution is 5.27. The van der Waals surface area contributed by atoms with Crippen LogP contribution in [0.25, 0.3) is 0 Å². The van der Waals surface area contributed by atoms with Gasteiger partial charge in [-0.15, -0.1) is 0 Å². The number of nitrogens with one attached hydrogen (secondary N) is 3. The smallest absolute Gasteiger partial charge is 0.274 e. The summed E-state index contributed by atoms with van der Waals surface area (Å²) in [5.74, 6) is 1.23. The van der Waals surface area contributed by atoms with E-state index in [-0.39, 0.29) is 0 Å².